The first-order chi connectivity index (χ1) is 13.8. The Morgan fingerprint density at radius 2 is 1.86 bits per heavy atom. The van der Waals surface area contributed by atoms with Crippen molar-refractivity contribution < 1.29 is 4.42 Å². The van der Waals surface area contributed by atoms with E-state index < -0.39 is 0 Å². The third-order valence-electron chi connectivity index (χ3n) is 5.53. The molecule has 1 aliphatic heterocycles. The normalized spacial score (nSPS) is 17.7. The predicted octanol–water partition coefficient (Wildman–Crippen LogP) is 2.18. The van der Waals surface area contributed by atoms with Crippen LogP contribution in [0.3, 0.4) is 0 Å². The fourth-order valence-corrected chi connectivity index (χ4v) is 3.87. The molecule has 0 bridgehead atoms. The van der Waals surface area contributed by atoms with Gasteiger partial charge in [-0.05, 0) is 57.3 Å². The Morgan fingerprint density at radius 1 is 1.14 bits per heavy atom. The molecule has 2 aromatic heterocycles. The number of rotatable bonds is 3. The van der Waals surface area contributed by atoms with Gasteiger partial charge in [0.2, 0.25) is 0 Å². The Labute approximate surface area is 170 Å². The molecule has 0 aliphatic carbocycles. The minimum Gasteiger partial charge on any atom is -0.464 e. The molecule has 1 saturated heterocycles. The molecule has 1 aliphatic rings. The van der Waals surface area contributed by atoms with Crippen LogP contribution in [0.15, 0.2) is 33.7 Å². The first-order valence-corrected chi connectivity index (χ1v) is 9.99. The Kier molecular flexibility index (Phi) is 5.00. The fourth-order valence-electron chi connectivity index (χ4n) is 3.87. The van der Waals surface area contributed by atoms with Gasteiger partial charge in [-0.2, -0.15) is 0 Å². The highest BCUT2D eigenvalue weighted by Gasteiger charge is 2.34. The largest absolute Gasteiger partial charge is 0.464 e. The summed E-state index contributed by atoms with van der Waals surface area (Å²) in [4.78, 5) is 18.1. The van der Waals surface area contributed by atoms with Crippen LogP contribution in [0, 0.1) is 6.92 Å². The SMILES string of the molecule is Cc1ccc2occ(C(c3nnnn3C(C)(C)C)N3CCN(C)CC3)c(=O)c2c1. The van der Waals surface area contributed by atoms with Crippen LogP contribution in [0.1, 0.15) is 43.8 Å². The number of nitrogens with zero attached hydrogens (tertiary/aromatic N) is 6. The molecule has 3 aromatic rings. The zero-order valence-corrected chi connectivity index (χ0v) is 17.7. The number of piperazine rings is 1. The van der Waals surface area contributed by atoms with Gasteiger partial charge in [0.05, 0.1) is 16.5 Å². The van der Waals surface area contributed by atoms with Crippen LogP contribution in [0.2, 0.25) is 0 Å². The lowest BCUT2D eigenvalue weighted by atomic mass is 10.0. The lowest BCUT2D eigenvalue weighted by Gasteiger charge is -2.37. The Hall–Kier alpha value is -2.58. The van der Waals surface area contributed by atoms with Gasteiger partial charge in [0.1, 0.15) is 17.9 Å². The Balaban J connectivity index is 1.90. The van der Waals surface area contributed by atoms with Gasteiger partial charge in [0.15, 0.2) is 11.3 Å². The summed E-state index contributed by atoms with van der Waals surface area (Å²) in [6, 6.07) is 5.32. The van der Waals surface area contributed by atoms with E-state index in [1.165, 1.54) is 0 Å². The molecule has 0 saturated carbocycles. The molecule has 8 nitrogen and oxygen atoms in total. The smallest absolute Gasteiger partial charge is 0.197 e. The van der Waals surface area contributed by atoms with Crippen molar-refractivity contribution in [2.45, 2.75) is 39.3 Å². The Morgan fingerprint density at radius 3 is 2.55 bits per heavy atom. The molecule has 8 heteroatoms. The van der Waals surface area contributed by atoms with Gasteiger partial charge in [-0.3, -0.25) is 9.69 Å². The van der Waals surface area contributed by atoms with Crippen molar-refractivity contribution in [2.75, 3.05) is 33.2 Å². The zero-order chi connectivity index (χ0) is 20.8. The highest BCUT2D eigenvalue weighted by atomic mass is 16.3. The highest BCUT2D eigenvalue weighted by Crippen LogP contribution is 2.30. The third kappa shape index (κ3) is 3.70. The second kappa shape index (κ2) is 7.35. The monoisotopic (exact) mass is 396 g/mol. The van der Waals surface area contributed by atoms with E-state index in [0.717, 1.165) is 31.7 Å². The van der Waals surface area contributed by atoms with E-state index >= 15 is 0 Å². The van der Waals surface area contributed by atoms with Crippen molar-refractivity contribution in [3.8, 4) is 0 Å². The minimum atomic E-state index is -0.362. The standard InChI is InChI=1S/C21H28N6O2/c1-14-6-7-17-15(12-14)19(28)16(13-29-17)18(26-10-8-25(5)9-11-26)20-22-23-24-27(20)21(2,3)4/h6-7,12-13,18H,8-11H2,1-5H3. The second-order valence-corrected chi connectivity index (χ2v) is 8.88. The summed E-state index contributed by atoms with van der Waals surface area (Å²) in [7, 11) is 2.11. The van der Waals surface area contributed by atoms with Gasteiger partial charge in [0.25, 0.3) is 0 Å². The summed E-state index contributed by atoms with van der Waals surface area (Å²) in [5, 5.41) is 13.1. The maximum atomic E-state index is 13.5. The molecule has 1 atom stereocenters. The number of benzene rings is 1. The predicted molar refractivity (Wildman–Crippen MR) is 111 cm³/mol. The molecule has 0 spiro atoms. The molecule has 1 fully saturated rings. The molecule has 29 heavy (non-hydrogen) atoms. The van der Waals surface area contributed by atoms with Crippen LogP contribution in [0.25, 0.3) is 11.0 Å². The third-order valence-corrected chi connectivity index (χ3v) is 5.53. The number of hydrogen-bond acceptors (Lipinski definition) is 7. The van der Waals surface area contributed by atoms with E-state index in [4.69, 9.17) is 4.42 Å². The quantitative estimate of drug-likeness (QED) is 0.671. The van der Waals surface area contributed by atoms with Crippen molar-refractivity contribution >= 4 is 11.0 Å². The van der Waals surface area contributed by atoms with Crippen LogP contribution in [-0.2, 0) is 5.54 Å². The molecule has 3 heterocycles. The fraction of sp³-hybridized carbons (Fsp3) is 0.524. The van der Waals surface area contributed by atoms with Crippen LogP contribution in [0.5, 0.6) is 0 Å². The number of likely N-dealkylation sites (N-methyl/N-ethyl adjacent to an activating group) is 1. The Bertz CT molecular complexity index is 1070. The van der Waals surface area contributed by atoms with E-state index in [2.05, 4.69) is 53.1 Å². The van der Waals surface area contributed by atoms with E-state index in [1.54, 1.807) is 6.26 Å². The van der Waals surface area contributed by atoms with E-state index in [1.807, 2.05) is 29.8 Å². The minimum absolute atomic E-state index is 0.0256. The van der Waals surface area contributed by atoms with Gasteiger partial charge in [0, 0.05) is 26.2 Å². The van der Waals surface area contributed by atoms with Crippen LogP contribution in [-0.4, -0.2) is 63.2 Å². The van der Waals surface area contributed by atoms with E-state index in [-0.39, 0.29) is 17.0 Å². The van der Waals surface area contributed by atoms with Crippen LogP contribution in [0.4, 0.5) is 0 Å². The summed E-state index contributed by atoms with van der Waals surface area (Å²) in [6.45, 7) is 11.6. The van der Waals surface area contributed by atoms with E-state index in [9.17, 15) is 4.79 Å². The zero-order valence-electron chi connectivity index (χ0n) is 17.7. The molecule has 154 valence electrons. The molecule has 0 N–H and O–H groups in total. The maximum Gasteiger partial charge on any atom is 0.197 e. The first kappa shape index (κ1) is 19.7. The van der Waals surface area contributed by atoms with Crippen molar-refractivity contribution in [3.63, 3.8) is 0 Å². The summed E-state index contributed by atoms with van der Waals surface area (Å²) in [6.07, 6.45) is 1.59. The van der Waals surface area contributed by atoms with Crippen LogP contribution >= 0.6 is 0 Å². The number of fused-ring (bicyclic) bond motifs is 1. The molecule has 1 unspecified atom stereocenters. The number of aryl methyl sites for hydroxylation is 1. The summed E-state index contributed by atoms with van der Waals surface area (Å²) >= 11 is 0. The van der Waals surface area contributed by atoms with Crippen molar-refractivity contribution in [3.05, 3.63) is 51.6 Å². The van der Waals surface area contributed by atoms with Crippen LogP contribution < -0.4 is 5.43 Å². The molecule has 1 aromatic carbocycles. The van der Waals surface area contributed by atoms with Gasteiger partial charge < -0.3 is 9.32 Å². The van der Waals surface area contributed by atoms with E-state index in [0.29, 0.717) is 22.4 Å². The first-order valence-electron chi connectivity index (χ1n) is 9.99. The second-order valence-electron chi connectivity index (χ2n) is 8.88. The van der Waals surface area contributed by atoms with Crippen molar-refractivity contribution in [1.82, 2.24) is 30.0 Å². The van der Waals surface area contributed by atoms with Crippen molar-refractivity contribution in [2.24, 2.45) is 0 Å². The van der Waals surface area contributed by atoms with Gasteiger partial charge in [-0.15, -0.1) is 5.10 Å². The average Bonchev–Trinajstić information content (AvgIpc) is 3.16. The van der Waals surface area contributed by atoms with Gasteiger partial charge in [-0.25, -0.2) is 4.68 Å². The molecular weight excluding hydrogens is 368 g/mol. The number of hydrogen-bond donors (Lipinski definition) is 0. The van der Waals surface area contributed by atoms with Gasteiger partial charge in [-0.1, -0.05) is 11.6 Å². The molecular formula is C21H28N6O2. The summed E-state index contributed by atoms with van der Waals surface area (Å²) in [5.74, 6) is 0.668. The lowest BCUT2D eigenvalue weighted by molar-refractivity contribution is 0.117. The lowest BCUT2D eigenvalue weighted by Crippen LogP contribution is -2.48. The molecule has 0 radical (unpaired) electrons. The number of aromatic nitrogens is 4. The topological polar surface area (TPSA) is 80.3 Å². The molecule has 0 amide bonds. The summed E-state index contributed by atoms with van der Waals surface area (Å²) < 4.78 is 7.70. The van der Waals surface area contributed by atoms with Gasteiger partial charge >= 0.3 is 0 Å². The number of tetrazole rings is 1. The maximum absolute atomic E-state index is 13.5. The summed E-state index contributed by atoms with van der Waals surface area (Å²) in [5.41, 5.74) is 1.86. The highest BCUT2D eigenvalue weighted by molar-refractivity contribution is 5.77. The average molecular weight is 396 g/mol. The van der Waals surface area contributed by atoms with Crippen molar-refractivity contribution in [1.29, 1.82) is 0 Å². The molecule has 4 rings (SSSR count).